The SMILES string of the molecule is C1CCOC1.CCOC(=O)C[C@H](c1ccc(O)c(F)c1)N1CCN(CCCc2ccc3c(n2)NCCC3)C1=O.CCOC(=O)C[C@H](c1ccc(OCCOCCN=[N+]=[N-])c(F)c1)N1CCN(CCCc2ccc3c(n2)NCCC3)C1=O.[N-]=[N+]=NCO. The Hall–Kier alpha value is -8.22. The number of nitrogens with zero attached hydrogens (tertiary/aromatic N) is 12. The van der Waals surface area contributed by atoms with Gasteiger partial charge in [0.1, 0.15) is 25.0 Å². The first-order valence-corrected chi connectivity index (χ1v) is 29.4. The smallest absolute Gasteiger partial charge is 0.320 e. The summed E-state index contributed by atoms with van der Waals surface area (Å²) in [7, 11) is 0. The fourth-order valence-corrected chi connectivity index (χ4v) is 10.3. The number of aromatic hydroxyl groups is 1. The number of phenols is 1. The molecule has 0 spiro atoms. The van der Waals surface area contributed by atoms with E-state index in [-0.39, 0.29) is 70.2 Å². The lowest BCUT2D eigenvalue weighted by Gasteiger charge is -2.28. The number of nitrogens with one attached hydrogen (secondary N) is 2. The molecular formula is C59H80F2N14O11. The molecule has 7 heterocycles. The maximum atomic E-state index is 15.0. The second kappa shape index (κ2) is 36.6. The summed E-state index contributed by atoms with van der Waals surface area (Å²) in [6.07, 6.45) is 9.73. The number of azide groups is 2. The predicted molar refractivity (Wildman–Crippen MR) is 315 cm³/mol. The van der Waals surface area contributed by atoms with Crippen molar-refractivity contribution in [3.63, 3.8) is 0 Å². The van der Waals surface area contributed by atoms with Gasteiger partial charge in [0, 0.05) is 93.3 Å². The molecule has 0 radical (unpaired) electrons. The van der Waals surface area contributed by atoms with Crippen molar-refractivity contribution in [1.82, 2.24) is 29.6 Å². The lowest BCUT2D eigenvalue weighted by Crippen LogP contribution is -2.36. The first kappa shape index (κ1) is 66.9. The number of carbonyl (C=O) groups is 4. The average Bonchev–Trinajstić information content (AvgIpc) is 4.43. The summed E-state index contributed by atoms with van der Waals surface area (Å²) in [5.74, 6) is -0.823. The van der Waals surface area contributed by atoms with Gasteiger partial charge in [-0.05, 0) is 148 Å². The maximum absolute atomic E-state index is 15.0. The van der Waals surface area contributed by atoms with E-state index in [0.29, 0.717) is 50.4 Å². The molecule has 3 saturated heterocycles. The van der Waals surface area contributed by atoms with Crippen molar-refractivity contribution in [2.24, 2.45) is 10.2 Å². The number of hydrogen-bond donors (Lipinski definition) is 4. The quantitative estimate of drug-likeness (QED) is 0.0150. The number of benzene rings is 2. The number of esters is 2. The van der Waals surface area contributed by atoms with Crippen molar-refractivity contribution in [3.8, 4) is 11.5 Å². The molecule has 25 nitrogen and oxygen atoms in total. The largest absolute Gasteiger partial charge is 0.505 e. The van der Waals surface area contributed by atoms with Crippen LogP contribution >= 0.6 is 0 Å². The molecule has 0 aliphatic carbocycles. The molecule has 9 rings (SSSR count). The van der Waals surface area contributed by atoms with Crippen molar-refractivity contribution in [2.45, 2.75) is 103 Å². The van der Waals surface area contributed by atoms with Gasteiger partial charge in [0.25, 0.3) is 0 Å². The number of urea groups is 2. The number of rotatable bonds is 26. The number of aliphatic hydroxyl groups excluding tert-OH is 1. The molecule has 0 unspecified atom stereocenters. The van der Waals surface area contributed by atoms with Gasteiger partial charge in [-0.1, -0.05) is 34.5 Å². The number of phenolic OH excluding ortho intramolecular Hbond substituents is 1. The Kier molecular flexibility index (Phi) is 28.5. The number of hydrogen-bond acceptors (Lipinski definition) is 17. The number of pyridine rings is 2. The molecule has 466 valence electrons. The van der Waals surface area contributed by atoms with Crippen LogP contribution in [0.4, 0.5) is 30.0 Å². The molecule has 0 bridgehead atoms. The molecule has 2 aromatic carbocycles. The minimum atomic E-state index is -0.790. The standard InChI is InChI=1S/C29H38FN7O5.C25H31FN4O4.C4H8O.CH3N3O/c1-2-41-27(38)20-25(22-8-10-26(24(30)19-22)42-18-17-40-16-12-33-35-31)37-15-14-36(29(37)39)13-4-6-23-9-7-21-5-3-11-32-28(21)34-23;1-2-34-23(32)16-21(18-8-10-22(31)20(26)15-18)30-14-13-29(25(30)33)12-4-6-19-9-7-17-5-3-11-27-24(17)28-19;1-2-4-5-3-1;2-4-3-1-5/h7-10,19,25H,2-6,11-18,20H2,1H3,(H,32,34);7-10,15,21,31H,2-6,11-14,16H2,1H3,(H,27,28);1-4H2;5H,1H2/t25-;21-;;/m11../s1. The Labute approximate surface area is 499 Å². The highest BCUT2D eigenvalue weighted by atomic mass is 19.1. The van der Waals surface area contributed by atoms with Crippen LogP contribution in [0.3, 0.4) is 0 Å². The van der Waals surface area contributed by atoms with Gasteiger partial charge in [-0.3, -0.25) is 9.59 Å². The van der Waals surface area contributed by atoms with E-state index in [1.54, 1.807) is 39.5 Å². The van der Waals surface area contributed by atoms with E-state index < -0.39 is 48.1 Å². The summed E-state index contributed by atoms with van der Waals surface area (Å²) in [6.45, 7) is 11.1. The van der Waals surface area contributed by atoms with Crippen LogP contribution in [-0.4, -0.2) is 176 Å². The van der Waals surface area contributed by atoms with Gasteiger partial charge >= 0.3 is 24.0 Å². The van der Waals surface area contributed by atoms with Crippen LogP contribution in [0.5, 0.6) is 11.5 Å². The van der Waals surface area contributed by atoms with Crippen LogP contribution < -0.4 is 15.4 Å². The van der Waals surface area contributed by atoms with Crippen LogP contribution in [0, 0.1) is 11.6 Å². The number of aryl methyl sites for hydroxylation is 4. The summed E-state index contributed by atoms with van der Waals surface area (Å²) < 4.78 is 55.0. The van der Waals surface area contributed by atoms with E-state index in [2.05, 4.69) is 55.0 Å². The third-order valence-corrected chi connectivity index (χ3v) is 14.5. The normalized spacial score (nSPS) is 15.5. The third kappa shape index (κ3) is 21.1. The predicted octanol–water partition coefficient (Wildman–Crippen LogP) is 9.34. The van der Waals surface area contributed by atoms with Gasteiger partial charge in [0.05, 0.1) is 51.4 Å². The van der Waals surface area contributed by atoms with E-state index in [0.717, 1.165) is 101 Å². The lowest BCUT2D eigenvalue weighted by atomic mass is 10.0. The number of aromatic nitrogens is 2. The number of ether oxygens (including phenoxy) is 5. The van der Waals surface area contributed by atoms with Gasteiger partial charge in [-0.2, -0.15) is 0 Å². The number of amides is 4. The van der Waals surface area contributed by atoms with Gasteiger partial charge < -0.3 is 64.1 Å². The Morgan fingerprint density at radius 1 is 0.698 bits per heavy atom. The summed E-state index contributed by atoms with van der Waals surface area (Å²) in [4.78, 5) is 72.4. The molecular weight excluding hydrogens is 1120 g/mol. The molecule has 4 aromatic rings. The second-order valence-electron chi connectivity index (χ2n) is 20.4. The van der Waals surface area contributed by atoms with Crippen molar-refractivity contribution in [3.05, 3.63) is 127 Å². The van der Waals surface area contributed by atoms with Crippen molar-refractivity contribution in [2.75, 3.05) is 123 Å². The first-order chi connectivity index (χ1) is 41.9. The van der Waals surface area contributed by atoms with Gasteiger partial charge in [-0.15, -0.1) is 0 Å². The Balaban J connectivity index is 0.000000240. The van der Waals surface area contributed by atoms with Crippen LogP contribution in [0.1, 0.15) is 111 Å². The number of anilines is 2. The fourth-order valence-electron chi connectivity index (χ4n) is 10.3. The monoisotopic (exact) mass is 1200 g/mol. The molecule has 5 aliphatic rings. The topological polar surface area (TPSA) is 315 Å². The Morgan fingerprint density at radius 2 is 1.22 bits per heavy atom. The summed E-state index contributed by atoms with van der Waals surface area (Å²) in [5.41, 5.74) is 21.0. The molecule has 4 N–H and O–H groups in total. The van der Waals surface area contributed by atoms with Gasteiger partial charge in [-0.25, -0.2) is 28.3 Å². The highest BCUT2D eigenvalue weighted by Gasteiger charge is 2.38. The lowest BCUT2D eigenvalue weighted by molar-refractivity contribution is -0.145. The minimum Gasteiger partial charge on any atom is -0.505 e. The molecule has 2 atom stereocenters. The highest BCUT2D eigenvalue weighted by molar-refractivity contribution is 5.79. The van der Waals surface area contributed by atoms with E-state index in [1.807, 2.05) is 0 Å². The molecule has 0 saturated carbocycles. The first-order valence-electron chi connectivity index (χ1n) is 29.4. The van der Waals surface area contributed by atoms with E-state index in [1.165, 1.54) is 54.3 Å². The van der Waals surface area contributed by atoms with Crippen molar-refractivity contribution in [1.29, 1.82) is 0 Å². The van der Waals surface area contributed by atoms with Gasteiger partial charge in [0.2, 0.25) is 0 Å². The van der Waals surface area contributed by atoms with Gasteiger partial charge in [0.15, 0.2) is 23.1 Å². The molecule has 86 heavy (non-hydrogen) atoms. The van der Waals surface area contributed by atoms with E-state index >= 15 is 4.39 Å². The molecule has 27 heteroatoms. The number of fused-ring (bicyclic) bond motifs is 2. The summed E-state index contributed by atoms with van der Waals surface area (Å²) in [5, 5.41) is 30.0. The minimum absolute atomic E-state index is 0.0349. The highest BCUT2D eigenvalue weighted by Crippen LogP contribution is 2.34. The van der Waals surface area contributed by atoms with Crippen molar-refractivity contribution < 1.29 is 61.9 Å². The zero-order chi connectivity index (χ0) is 61.5. The number of halogens is 2. The van der Waals surface area contributed by atoms with Crippen LogP contribution in [0.2, 0.25) is 0 Å². The Morgan fingerprint density at radius 3 is 1.67 bits per heavy atom. The molecule has 3 fully saturated rings. The summed E-state index contributed by atoms with van der Waals surface area (Å²) in [6, 6.07) is 15.0. The van der Waals surface area contributed by atoms with Crippen LogP contribution in [0.15, 0.2) is 70.9 Å². The summed E-state index contributed by atoms with van der Waals surface area (Å²) >= 11 is 0. The maximum Gasteiger partial charge on any atom is 0.320 e. The van der Waals surface area contributed by atoms with E-state index in [9.17, 15) is 28.7 Å². The number of aliphatic hydroxyl groups is 1. The molecule has 4 amide bonds. The second-order valence-corrected chi connectivity index (χ2v) is 20.4. The zero-order valence-corrected chi connectivity index (χ0v) is 49.1. The third-order valence-electron chi connectivity index (χ3n) is 14.5. The van der Waals surface area contributed by atoms with E-state index in [4.69, 9.17) is 49.8 Å². The fraction of sp³-hybridized carbons (Fsp3) is 0.559. The average molecular weight is 1200 g/mol. The zero-order valence-electron chi connectivity index (χ0n) is 49.1. The van der Waals surface area contributed by atoms with Crippen LogP contribution in [0.25, 0.3) is 20.9 Å². The molecule has 5 aliphatic heterocycles. The van der Waals surface area contributed by atoms with Crippen LogP contribution in [-0.2, 0) is 54.2 Å². The van der Waals surface area contributed by atoms with Crippen molar-refractivity contribution >= 4 is 35.6 Å². The molecule has 2 aromatic heterocycles. The number of carbonyl (C=O) groups excluding carboxylic acids is 4. The Bertz CT molecular complexity index is 2920.